The quantitative estimate of drug-likeness (QED) is 0.868. The molecule has 1 heterocycles. The maximum atomic E-state index is 13.3. The van der Waals surface area contributed by atoms with E-state index in [9.17, 15) is 9.18 Å². The second-order valence-electron chi connectivity index (χ2n) is 3.79. The van der Waals surface area contributed by atoms with E-state index in [0.29, 0.717) is 17.1 Å². The molecule has 0 radical (unpaired) electrons. The first-order chi connectivity index (χ1) is 8.65. The molecular formula is C13H12FN3O. The summed E-state index contributed by atoms with van der Waals surface area (Å²) in [6.45, 7) is 0. The molecule has 1 aromatic carbocycles. The molecule has 92 valence electrons. The number of nitrogens with one attached hydrogen (secondary N) is 1. The summed E-state index contributed by atoms with van der Waals surface area (Å²) in [6.07, 6.45) is 1.41. The van der Waals surface area contributed by atoms with Crippen molar-refractivity contribution in [3.05, 3.63) is 54.0 Å². The van der Waals surface area contributed by atoms with Gasteiger partial charge < -0.3 is 11.1 Å². The van der Waals surface area contributed by atoms with Crippen LogP contribution in [0.5, 0.6) is 0 Å². The van der Waals surface area contributed by atoms with Gasteiger partial charge in [0.2, 0.25) is 5.91 Å². The largest absolute Gasteiger partial charge is 0.397 e. The van der Waals surface area contributed by atoms with Crippen molar-refractivity contribution >= 4 is 17.4 Å². The van der Waals surface area contributed by atoms with Gasteiger partial charge in [-0.2, -0.15) is 0 Å². The molecule has 2 aromatic rings. The summed E-state index contributed by atoms with van der Waals surface area (Å²) in [4.78, 5) is 15.6. The first kappa shape index (κ1) is 12.0. The van der Waals surface area contributed by atoms with Gasteiger partial charge in [0.25, 0.3) is 0 Å². The fourth-order valence-corrected chi connectivity index (χ4v) is 1.48. The minimum atomic E-state index is -0.391. The van der Waals surface area contributed by atoms with Crippen molar-refractivity contribution in [3.8, 4) is 0 Å². The van der Waals surface area contributed by atoms with E-state index in [0.717, 1.165) is 0 Å². The van der Waals surface area contributed by atoms with Crippen molar-refractivity contribution in [2.75, 3.05) is 11.1 Å². The van der Waals surface area contributed by atoms with E-state index >= 15 is 0 Å². The maximum Gasteiger partial charge on any atom is 0.230 e. The third-order valence-electron chi connectivity index (χ3n) is 2.36. The number of anilines is 2. The van der Waals surface area contributed by atoms with Crippen LogP contribution in [0.25, 0.3) is 0 Å². The van der Waals surface area contributed by atoms with Crippen LogP contribution in [0, 0.1) is 5.82 Å². The molecule has 1 amide bonds. The van der Waals surface area contributed by atoms with Crippen molar-refractivity contribution < 1.29 is 9.18 Å². The van der Waals surface area contributed by atoms with Crippen LogP contribution in [-0.4, -0.2) is 10.9 Å². The van der Waals surface area contributed by atoms with Gasteiger partial charge >= 0.3 is 0 Å². The highest BCUT2D eigenvalue weighted by molar-refractivity contribution is 5.91. The summed E-state index contributed by atoms with van der Waals surface area (Å²) < 4.78 is 13.3. The van der Waals surface area contributed by atoms with Gasteiger partial charge in [-0.3, -0.25) is 4.79 Å². The van der Waals surface area contributed by atoms with Crippen LogP contribution in [0.15, 0.2) is 42.6 Å². The molecule has 0 aliphatic carbocycles. The van der Waals surface area contributed by atoms with Gasteiger partial charge in [0.15, 0.2) is 0 Å². The molecular weight excluding hydrogens is 233 g/mol. The molecule has 0 aliphatic rings. The number of benzene rings is 1. The topological polar surface area (TPSA) is 68.0 Å². The Morgan fingerprint density at radius 1 is 1.28 bits per heavy atom. The van der Waals surface area contributed by atoms with Crippen molar-refractivity contribution in [1.82, 2.24) is 4.98 Å². The monoisotopic (exact) mass is 245 g/mol. The van der Waals surface area contributed by atoms with Crippen LogP contribution >= 0.6 is 0 Å². The van der Waals surface area contributed by atoms with E-state index in [2.05, 4.69) is 10.3 Å². The zero-order chi connectivity index (χ0) is 13.0. The predicted molar refractivity (Wildman–Crippen MR) is 67.4 cm³/mol. The Labute approximate surface area is 104 Å². The Kier molecular flexibility index (Phi) is 3.52. The fourth-order valence-electron chi connectivity index (χ4n) is 1.48. The molecule has 0 atom stereocenters. The second-order valence-corrected chi connectivity index (χ2v) is 3.79. The number of carbonyl (C=O) groups is 1. The average Bonchev–Trinajstić information content (AvgIpc) is 2.35. The number of hydrogen-bond donors (Lipinski definition) is 2. The number of halogens is 1. The molecule has 0 unspecified atom stereocenters. The normalized spacial score (nSPS) is 10.1. The van der Waals surface area contributed by atoms with Gasteiger partial charge in [-0.15, -0.1) is 0 Å². The second kappa shape index (κ2) is 5.27. The van der Waals surface area contributed by atoms with Crippen LogP contribution in [0.4, 0.5) is 15.9 Å². The first-order valence-electron chi connectivity index (χ1n) is 5.40. The van der Waals surface area contributed by atoms with Gasteiger partial charge in [-0.05, 0) is 23.8 Å². The predicted octanol–water partition coefficient (Wildman–Crippen LogP) is 1.98. The van der Waals surface area contributed by atoms with Gasteiger partial charge in [0.05, 0.1) is 18.3 Å². The highest BCUT2D eigenvalue weighted by Crippen LogP contribution is 2.10. The number of nitrogens with two attached hydrogens (primary N) is 1. The van der Waals surface area contributed by atoms with Crippen LogP contribution in [-0.2, 0) is 11.2 Å². The number of nitrogens with zero attached hydrogens (tertiary/aromatic N) is 1. The van der Waals surface area contributed by atoms with Crippen LogP contribution in [0.3, 0.4) is 0 Å². The molecule has 0 saturated carbocycles. The van der Waals surface area contributed by atoms with Crippen LogP contribution in [0.2, 0.25) is 0 Å². The number of amides is 1. The minimum Gasteiger partial charge on any atom is -0.397 e. The summed E-state index contributed by atoms with van der Waals surface area (Å²) in [6, 6.07) is 9.39. The average molecular weight is 245 g/mol. The van der Waals surface area contributed by atoms with Crippen molar-refractivity contribution in [2.24, 2.45) is 0 Å². The number of hydrogen-bond acceptors (Lipinski definition) is 3. The molecule has 0 fully saturated rings. The highest BCUT2D eigenvalue weighted by atomic mass is 19.1. The number of rotatable bonds is 3. The lowest BCUT2D eigenvalue weighted by Gasteiger charge is -2.05. The molecule has 0 bridgehead atoms. The van der Waals surface area contributed by atoms with E-state index in [1.165, 1.54) is 12.3 Å². The van der Waals surface area contributed by atoms with Crippen molar-refractivity contribution in [1.29, 1.82) is 0 Å². The Morgan fingerprint density at radius 2 is 2.06 bits per heavy atom. The minimum absolute atomic E-state index is 0.0290. The molecule has 5 heteroatoms. The molecule has 18 heavy (non-hydrogen) atoms. The van der Waals surface area contributed by atoms with Gasteiger partial charge in [0.1, 0.15) is 11.6 Å². The highest BCUT2D eigenvalue weighted by Gasteiger charge is 2.08. The summed E-state index contributed by atoms with van der Waals surface area (Å²) in [5.74, 6) is -0.319. The molecule has 0 spiro atoms. The zero-order valence-electron chi connectivity index (χ0n) is 9.56. The molecule has 2 rings (SSSR count). The maximum absolute atomic E-state index is 13.3. The van der Waals surface area contributed by atoms with Crippen LogP contribution < -0.4 is 11.1 Å². The molecule has 3 N–H and O–H groups in total. The SMILES string of the molecule is Nc1ccc(NC(=O)Cc2ccccc2F)nc1. The van der Waals surface area contributed by atoms with Crippen molar-refractivity contribution in [2.45, 2.75) is 6.42 Å². The molecule has 0 aliphatic heterocycles. The molecule has 4 nitrogen and oxygen atoms in total. The Balaban J connectivity index is 2.01. The Hall–Kier alpha value is -2.43. The van der Waals surface area contributed by atoms with E-state index < -0.39 is 5.82 Å². The van der Waals surface area contributed by atoms with Gasteiger partial charge in [-0.25, -0.2) is 9.37 Å². The zero-order valence-corrected chi connectivity index (χ0v) is 9.56. The lowest BCUT2D eigenvalue weighted by atomic mass is 10.1. The number of pyridine rings is 1. The van der Waals surface area contributed by atoms with E-state index in [1.807, 2.05) is 0 Å². The van der Waals surface area contributed by atoms with E-state index in [-0.39, 0.29) is 12.3 Å². The summed E-state index contributed by atoms with van der Waals surface area (Å²) in [5, 5.41) is 2.57. The summed E-state index contributed by atoms with van der Waals surface area (Å²) in [7, 11) is 0. The summed E-state index contributed by atoms with van der Waals surface area (Å²) in [5.41, 5.74) is 6.34. The molecule has 0 saturated heterocycles. The lowest BCUT2D eigenvalue weighted by molar-refractivity contribution is -0.115. The van der Waals surface area contributed by atoms with Crippen molar-refractivity contribution in [3.63, 3.8) is 0 Å². The van der Waals surface area contributed by atoms with E-state index in [1.54, 1.807) is 30.3 Å². The van der Waals surface area contributed by atoms with Gasteiger partial charge in [0, 0.05) is 0 Å². The van der Waals surface area contributed by atoms with E-state index in [4.69, 9.17) is 5.73 Å². The number of aromatic nitrogens is 1. The van der Waals surface area contributed by atoms with Crippen LogP contribution in [0.1, 0.15) is 5.56 Å². The summed E-state index contributed by atoms with van der Waals surface area (Å²) >= 11 is 0. The third kappa shape index (κ3) is 3.04. The lowest BCUT2D eigenvalue weighted by Crippen LogP contribution is -2.16. The fraction of sp³-hybridized carbons (Fsp3) is 0.0769. The third-order valence-corrected chi connectivity index (χ3v) is 2.36. The molecule has 1 aromatic heterocycles. The Morgan fingerprint density at radius 3 is 2.72 bits per heavy atom. The Bertz CT molecular complexity index is 554. The van der Waals surface area contributed by atoms with Gasteiger partial charge in [-0.1, -0.05) is 18.2 Å². The number of nitrogen functional groups attached to an aromatic ring is 1. The standard InChI is InChI=1S/C13H12FN3O/c14-11-4-2-1-3-9(11)7-13(18)17-12-6-5-10(15)8-16-12/h1-6,8H,7,15H2,(H,16,17,18). The number of carbonyl (C=O) groups excluding carboxylic acids is 1. The first-order valence-corrected chi connectivity index (χ1v) is 5.40. The smallest absolute Gasteiger partial charge is 0.230 e.